The van der Waals surface area contributed by atoms with Gasteiger partial charge in [-0.1, -0.05) is 26.7 Å². The summed E-state index contributed by atoms with van der Waals surface area (Å²) in [6.45, 7) is 6.26. The van der Waals surface area contributed by atoms with Crippen LogP contribution in [-0.2, 0) is 4.79 Å². The van der Waals surface area contributed by atoms with Gasteiger partial charge in [0.05, 0.1) is 5.41 Å². The van der Waals surface area contributed by atoms with Gasteiger partial charge in [0.1, 0.15) is 0 Å². The van der Waals surface area contributed by atoms with Crippen molar-refractivity contribution in [3.05, 3.63) is 0 Å². The van der Waals surface area contributed by atoms with Crippen LogP contribution in [0.25, 0.3) is 0 Å². The maximum Gasteiger partial charge on any atom is 0.227 e. The van der Waals surface area contributed by atoms with E-state index in [-0.39, 0.29) is 5.41 Å². The van der Waals surface area contributed by atoms with Gasteiger partial charge >= 0.3 is 0 Å². The van der Waals surface area contributed by atoms with Gasteiger partial charge < -0.3 is 10.6 Å². The van der Waals surface area contributed by atoms with Crippen molar-refractivity contribution in [2.24, 2.45) is 11.3 Å². The summed E-state index contributed by atoms with van der Waals surface area (Å²) in [6.07, 6.45) is 6.84. The molecule has 3 heteroatoms. The van der Waals surface area contributed by atoms with Gasteiger partial charge in [0.25, 0.3) is 0 Å². The van der Waals surface area contributed by atoms with E-state index >= 15 is 0 Å². The summed E-state index contributed by atoms with van der Waals surface area (Å²) in [5.74, 6) is 1.07. The minimum Gasteiger partial charge on any atom is -0.353 e. The Balaban J connectivity index is 1.85. The maximum atomic E-state index is 12.4. The summed E-state index contributed by atoms with van der Waals surface area (Å²) < 4.78 is 0. The summed E-state index contributed by atoms with van der Waals surface area (Å²) in [6, 6.07) is 0.483. The molecule has 2 fully saturated rings. The Labute approximate surface area is 105 Å². The summed E-state index contributed by atoms with van der Waals surface area (Å²) in [5.41, 5.74) is -0.103. The van der Waals surface area contributed by atoms with Gasteiger partial charge in [0.2, 0.25) is 5.91 Å². The van der Waals surface area contributed by atoms with E-state index in [1.165, 1.54) is 19.3 Å². The van der Waals surface area contributed by atoms with Crippen LogP contribution in [0, 0.1) is 11.3 Å². The molecule has 17 heavy (non-hydrogen) atoms. The van der Waals surface area contributed by atoms with Gasteiger partial charge in [-0.25, -0.2) is 0 Å². The van der Waals surface area contributed by atoms with Crippen molar-refractivity contribution < 1.29 is 4.79 Å². The normalized spacial score (nSPS) is 35.9. The average molecular weight is 238 g/mol. The number of nitrogens with one attached hydrogen (secondary N) is 2. The molecular weight excluding hydrogens is 212 g/mol. The van der Waals surface area contributed by atoms with Gasteiger partial charge in [0.15, 0.2) is 0 Å². The second-order valence-electron chi connectivity index (χ2n) is 5.82. The third-order valence-electron chi connectivity index (χ3n) is 4.35. The molecule has 3 unspecified atom stereocenters. The van der Waals surface area contributed by atoms with Crippen LogP contribution in [0.15, 0.2) is 0 Å². The highest BCUT2D eigenvalue weighted by Gasteiger charge is 2.44. The lowest BCUT2D eigenvalue weighted by Gasteiger charge is -2.26. The lowest BCUT2D eigenvalue weighted by atomic mass is 9.81. The van der Waals surface area contributed by atoms with E-state index in [1.54, 1.807) is 0 Å². The average Bonchev–Trinajstić information content (AvgIpc) is 2.86. The fourth-order valence-corrected chi connectivity index (χ4v) is 3.18. The number of amides is 1. The minimum atomic E-state index is -0.103. The highest BCUT2D eigenvalue weighted by atomic mass is 16.2. The first-order valence-corrected chi connectivity index (χ1v) is 7.23. The van der Waals surface area contributed by atoms with Crippen molar-refractivity contribution in [3.8, 4) is 0 Å². The van der Waals surface area contributed by atoms with Gasteiger partial charge in [-0.2, -0.15) is 0 Å². The zero-order chi connectivity index (χ0) is 12.3. The predicted octanol–water partition coefficient (Wildman–Crippen LogP) is 2.07. The summed E-state index contributed by atoms with van der Waals surface area (Å²) in [4.78, 5) is 12.4. The zero-order valence-electron chi connectivity index (χ0n) is 11.2. The summed E-state index contributed by atoms with van der Waals surface area (Å²) in [5, 5.41) is 6.63. The van der Waals surface area contributed by atoms with Crippen LogP contribution in [0.5, 0.6) is 0 Å². The van der Waals surface area contributed by atoms with Crippen molar-refractivity contribution in [2.75, 3.05) is 13.1 Å². The third-order valence-corrected chi connectivity index (χ3v) is 4.35. The number of carbonyl (C=O) groups excluding carboxylic acids is 1. The van der Waals surface area contributed by atoms with E-state index < -0.39 is 0 Å². The molecule has 1 aliphatic heterocycles. The van der Waals surface area contributed by atoms with E-state index in [1.807, 2.05) is 0 Å². The van der Waals surface area contributed by atoms with Crippen LogP contribution in [0.3, 0.4) is 0 Å². The topological polar surface area (TPSA) is 41.1 Å². The van der Waals surface area contributed by atoms with Crippen LogP contribution in [-0.4, -0.2) is 25.0 Å². The summed E-state index contributed by atoms with van der Waals surface area (Å²) >= 11 is 0. The van der Waals surface area contributed by atoms with Crippen molar-refractivity contribution in [2.45, 2.75) is 58.4 Å². The molecule has 98 valence electrons. The smallest absolute Gasteiger partial charge is 0.227 e. The molecule has 1 amide bonds. The third kappa shape index (κ3) is 2.82. The van der Waals surface area contributed by atoms with Crippen LogP contribution in [0.4, 0.5) is 0 Å². The molecule has 0 spiro atoms. The van der Waals surface area contributed by atoms with Crippen molar-refractivity contribution in [1.82, 2.24) is 10.6 Å². The van der Waals surface area contributed by atoms with Gasteiger partial charge in [0, 0.05) is 12.6 Å². The van der Waals surface area contributed by atoms with Crippen molar-refractivity contribution >= 4 is 5.91 Å². The number of rotatable bonds is 6. The standard InChI is InChI=1S/C14H26N2O/c1-3-5-11-9-12(11)16-13(17)14(6-4-2)7-8-15-10-14/h11-12,15H,3-10H2,1-2H3,(H,16,17). The molecule has 0 aromatic carbocycles. The molecule has 0 aromatic heterocycles. The first-order valence-electron chi connectivity index (χ1n) is 7.23. The highest BCUT2D eigenvalue weighted by molar-refractivity contribution is 5.83. The molecule has 3 atom stereocenters. The van der Waals surface area contributed by atoms with Crippen LogP contribution in [0.2, 0.25) is 0 Å². The molecule has 2 rings (SSSR count). The van der Waals surface area contributed by atoms with Crippen molar-refractivity contribution in [1.29, 1.82) is 0 Å². The van der Waals surface area contributed by atoms with Crippen LogP contribution < -0.4 is 10.6 Å². The highest BCUT2D eigenvalue weighted by Crippen LogP contribution is 2.37. The maximum absolute atomic E-state index is 12.4. The number of hydrogen-bond acceptors (Lipinski definition) is 2. The molecular formula is C14H26N2O. The van der Waals surface area contributed by atoms with E-state index in [0.29, 0.717) is 11.9 Å². The lowest BCUT2D eigenvalue weighted by molar-refractivity contribution is -0.130. The Kier molecular flexibility index (Phi) is 4.08. The van der Waals surface area contributed by atoms with Crippen LogP contribution >= 0.6 is 0 Å². The largest absolute Gasteiger partial charge is 0.353 e. The van der Waals surface area contributed by atoms with Crippen molar-refractivity contribution in [3.63, 3.8) is 0 Å². The molecule has 3 nitrogen and oxygen atoms in total. The van der Waals surface area contributed by atoms with E-state index in [2.05, 4.69) is 24.5 Å². The van der Waals surface area contributed by atoms with E-state index in [9.17, 15) is 4.79 Å². The molecule has 2 aliphatic rings. The van der Waals surface area contributed by atoms with Gasteiger partial charge in [-0.3, -0.25) is 4.79 Å². The van der Waals surface area contributed by atoms with E-state index in [0.717, 1.165) is 38.3 Å². The Morgan fingerprint density at radius 3 is 2.82 bits per heavy atom. The molecule has 1 heterocycles. The fourth-order valence-electron chi connectivity index (χ4n) is 3.18. The Morgan fingerprint density at radius 1 is 1.41 bits per heavy atom. The molecule has 0 aromatic rings. The molecule has 1 saturated heterocycles. The number of hydrogen-bond donors (Lipinski definition) is 2. The van der Waals surface area contributed by atoms with Gasteiger partial charge in [-0.05, 0) is 38.1 Å². The fraction of sp³-hybridized carbons (Fsp3) is 0.929. The SMILES string of the molecule is CCCC1CC1NC(=O)C1(CCC)CCNC1. The Hall–Kier alpha value is -0.570. The molecule has 1 saturated carbocycles. The minimum absolute atomic E-state index is 0.103. The predicted molar refractivity (Wildman–Crippen MR) is 69.8 cm³/mol. The lowest BCUT2D eigenvalue weighted by Crippen LogP contribution is -2.43. The summed E-state index contributed by atoms with van der Waals surface area (Å²) in [7, 11) is 0. The molecule has 0 radical (unpaired) electrons. The first kappa shape index (κ1) is 12.9. The first-order chi connectivity index (χ1) is 8.22. The zero-order valence-corrected chi connectivity index (χ0v) is 11.2. The molecule has 2 N–H and O–H groups in total. The second kappa shape index (κ2) is 5.38. The molecule has 0 bridgehead atoms. The van der Waals surface area contributed by atoms with E-state index in [4.69, 9.17) is 0 Å². The second-order valence-corrected chi connectivity index (χ2v) is 5.82. The monoisotopic (exact) mass is 238 g/mol. The molecule has 1 aliphatic carbocycles. The number of carbonyl (C=O) groups is 1. The van der Waals surface area contributed by atoms with Crippen LogP contribution in [0.1, 0.15) is 52.4 Å². The van der Waals surface area contributed by atoms with Gasteiger partial charge in [-0.15, -0.1) is 0 Å². The quantitative estimate of drug-likeness (QED) is 0.744. The Bertz CT molecular complexity index is 271. The Morgan fingerprint density at radius 2 is 2.24 bits per heavy atom.